The first kappa shape index (κ1) is 17.5. The topological polar surface area (TPSA) is 61.4 Å². The van der Waals surface area contributed by atoms with Crippen LogP contribution in [-0.2, 0) is 4.79 Å². The van der Waals surface area contributed by atoms with Gasteiger partial charge in [-0.1, -0.05) is 6.07 Å². The first-order valence-corrected chi connectivity index (χ1v) is 8.29. The van der Waals surface area contributed by atoms with Crippen molar-refractivity contribution in [3.05, 3.63) is 29.8 Å². The predicted molar refractivity (Wildman–Crippen MR) is 92.6 cm³/mol. The summed E-state index contributed by atoms with van der Waals surface area (Å²) >= 11 is 0. The molecule has 0 bridgehead atoms. The van der Waals surface area contributed by atoms with Gasteiger partial charge in [-0.25, -0.2) is 0 Å². The molecule has 2 amide bonds. The van der Waals surface area contributed by atoms with E-state index in [0.717, 1.165) is 25.9 Å². The molecule has 0 aromatic heterocycles. The second kappa shape index (κ2) is 7.59. The molecule has 0 radical (unpaired) electrons. The van der Waals surface area contributed by atoms with E-state index in [0.29, 0.717) is 11.3 Å². The first-order chi connectivity index (χ1) is 10.8. The van der Waals surface area contributed by atoms with Crippen LogP contribution in [0.4, 0.5) is 5.69 Å². The van der Waals surface area contributed by atoms with Gasteiger partial charge in [0, 0.05) is 29.9 Å². The largest absolute Gasteiger partial charge is 0.339 e. The number of nitrogens with one attached hydrogen (secondary N) is 2. The van der Waals surface area contributed by atoms with E-state index in [1.165, 1.54) is 6.42 Å². The number of carbonyl (C=O) groups is 2. The fourth-order valence-corrected chi connectivity index (χ4v) is 2.56. The van der Waals surface area contributed by atoms with Crippen molar-refractivity contribution >= 4 is 17.5 Å². The Morgan fingerprint density at radius 1 is 1.13 bits per heavy atom. The van der Waals surface area contributed by atoms with E-state index in [4.69, 9.17) is 0 Å². The predicted octanol–water partition coefficient (Wildman–Crippen LogP) is 2.64. The van der Waals surface area contributed by atoms with E-state index in [1.807, 2.05) is 37.8 Å². The Bertz CT molecular complexity index is 558. The standard InChI is InChI=1S/C18H27N3O2/c1-18(2,3)19-13-16(22)20-15-9-7-8-14(12-15)17(23)21-10-5-4-6-11-21/h7-9,12,19H,4-6,10-11,13H2,1-3H3,(H,20,22). The zero-order valence-corrected chi connectivity index (χ0v) is 14.3. The van der Waals surface area contributed by atoms with Crippen LogP contribution in [0.15, 0.2) is 24.3 Å². The lowest BCUT2D eigenvalue weighted by atomic mass is 10.1. The number of anilines is 1. The van der Waals surface area contributed by atoms with E-state index in [2.05, 4.69) is 10.6 Å². The molecular formula is C18H27N3O2. The van der Waals surface area contributed by atoms with Gasteiger partial charge in [0.1, 0.15) is 0 Å². The molecule has 2 rings (SSSR count). The van der Waals surface area contributed by atoms with Crippen molar-refractivity contribution in [2.45, 2.75) is 45.6 Å². The summed E-state index contributed by atoms with van der Waals surface area (Å²) in [4.78, 5) is 26.4. The van der Waals surface area contributed by atoms with E-state index < -0.39 is 0 Å². The molecule has 5 heteroatoms. The summed E-state index contributed by atoms with van der Waals surface area (Å²) in [6.07, 6.45) is 3.34. The lowest BCUT2D eigenvalue weighted by Gasteiger charge is -2.26. The van der Waals surface area contributed by atoms with Gasteiger partial charge in [-0.3, -0.25) is 9.59 Å². The van der Waals surface area contributed by atoms with Crippen molar-refractivity contribution in [2.75, 3.05) is 25.0 Å². The van der Waals surface area contributed by atoms with Crippen molar-refractivity contribution in [3.8, 4) is 0 Å². The van der Waals surface area contributed by atoms with Crippen LogP contribution in [0.5, 0.6) is 0 Å². The number of hydrogen-bond donors (Lipinski definition) is 2. The van der Waals surface area contributed by atoms with Crippen LogP contribution in [0.1, 0.15) is 50.4 Å². The Morgan fingerprint density at radius 2 is 1.83 bits per heavy atom. The van der Waals surface area contributed by atoms with Crippen LogP contribution < -0.4 is 10.6 Å². The van der Waals surface area contributed by atoms with Crippen LogP contribution in [-0.4, -0.2) is 41.9 Å². The lowest BCUT2D eigenvalue weighted by molar-refractivity contribution is -0.115. The van der Waals surface area contributed by atoms with E-state index in [9.17, 15) is 9.59 Å². The van der Waals surface area contributed by atoms with Gasteiger partial charge in [0.25, 0.3) is 5.91 Å². The van der Waals surface area contributed by atoms with Gasteiger partial charge in [-0.05, 0) is 58.2 Å². The second-order valence-electron chi connectivity index (χ2n) is 7.09. The van der Waals surface area contributed by atoms with Crippen LogP contribution in [0.2, 0.25) is 0 Å². The van der Waals surface area contributed by atoms with Crippen molar-refractivity contribution in [3.63, 3.8) is 0 Å². The van der Waals surface area contributed by atoms with Gasteiger partial charge < -0.3 is 15.5 Å². The minimum atomic E-state index is -0.109. The SMILES string of the molecule is CC(C)(C)NCC(=O)Nc1cccc(C(=O)N2CCCCC2)c1. The summed E-state index contributed by atoms with van der Waals surface area (Å²) in [5.41, 5.74) is 1.19. The minimum absolute atomic E-state index is 0.0496. The minimum Gasteiger partial charge on any atom is -0.339 e. The highest BCUT2D eigenvalue weighted by atomic mass is 16.2. The van der Waals surface area contributed by atoms with Crippen LogP contribution >= 0.6 is 0 Å². The number of amides is 2. The summed E-state index contributed by atoms with van der Waals surface area (Å²) in [5, 5.41) is 5.98. The Kier molecular flexibility index (Phi) is 5.77. The maximum absolute atomic E-state index is 12.5. The van der Waals surface area contributed by atoms with Crippen molar-refractivity contribution in [1.29, 1.82) is 0 Å². The summed E-state index contributed by atoms with van der Waals surface area (Å²) in [7, 11) is 0. The molecule has 1 fully saturated rings. The maximum atomic E-state index is 12.5. The molecular weight excluding hydrogens is 290 g/mol. The smallest absolute Gasteiger partial charge is 0.253 e. The zero-order valence-electron chi connectivity index (χ0n) is 14.3. The molecule has 1 saturated heterocycles. The van der Waals surface area contributed by atoms with E-state index >= 15 is 0 Å². The quantitative estimate of drug-likeness (QED) is 0.897. The highest BCUT2D eigenvalue weighted by Gasteiger charge is 2.18. The van der Waals surface area contributed by atoms with Gasteiger partial charge in [0.2, 0.25) is 5.91 Å². The number of nitrogens with zero attached hydrogens (tertiary/aromatic N) is 1. The van der Waals surface area contributed by atoms with Crippen LogP contribution in [0, 0.1) is 0 Å². The first-order valence-electron chi connectivity index (χ1n) is 8.29. The molecule has 0 aliphatic carbocycles. The molecule has 0 atom stereocenters. The maximum Gasteiger partial charge on any atom is 0.253 e. The van der Waals surface area contributed by atoms with Gasteiger partial charge in [-0.2, -0.15) is 0 Å². The summed E-state index contributed by atoms with van der Waals surface area (Å²) in [6.45, 7) is 7.93. The summed E-state index contributed by atoms with van der Waals surface area (Å²) in [5.74, 6) is -0.0592. The number of rotatable bonds is 4. The van der Waals surface area contributed by atoms with Crippen molar-refractivity contribution in [1.82, 2.24) is 10.2 Å². The fraction of sp³-hybridized carbons (Fsp3) is 0.556. The number of benzene rings is 1. The van der Waals surface area contributed by atoms with Gasteiger partial charge in [0.15, 0.2) is 0 Å². The zero-order chi connectivity index (χ0) is 16.9. The second-order valence-corrected chi connectivity index (χ2v) is 7.09. The third kappa shape index (κ3) is 5.67. The van der Waals surface area contributed by atoms with Crippen LogP contribution in [0.3, 0.4) is 0 Å². The molecule has 5 nitrogen and oxygen atoms in total. The molecule has 23 heavy (non-hydrogen) atoms. The third-order valence-corrected chi connectivity index (χ3v) is 3.82. The molecule has 1 aliphatic rings. The Morgan fingerprint density at radius 3 is 2.48 bits per heavy atom. The Hall–Kier alpha value is -1.88. The molecule has 1 aromatic rings. The van der Waals surface area contributed by atoms with Gasteiger partial charge >= 0.3 is 0 Å². The number of carbonyl (C=O) groups excluding carboxylic acids is 2. The summed E-state index contributed by atoms with van der Waals surface area (Å²) < 4.78 is 0. The average Bonchev–Trinajstić information content (AvgIpc) is 2.53. The average molecular weight is 317 g/mol. The number of piperidine rings is 1. The van der Waals surface area contributed by atoms with Gasteiger partial charge in [0.05, 0.1) is 6.54 Å². The molecule has 2 N–H and O–H groups in total. The number of likely N-dealkylation sites (tertiary alicyclic amines) is 1. The van der Waals surface area contributed by atoms with Crippen LogP contribution in [0.25, 0.3) is 0 Å². The van der Waals surface area contributed by atoms with Crippen molar-refractivity contribution in [2.24, 2.45) is 0 Å². The number of hydrogen-bond acceptors (Lipinski definition) is 3. The van der Waals surface area contributed by atoms with E-state index in [-0.39, 0.29) is 23.9 Å². The monoisotopic (exact) mass is 317 g/mol. The molecule has 126 valence electrons. The Balaban J connectivity index is 1.96. The van der Waals surface area contributed by atoms with Crippen molar-refractivity contribution < 1.29 is 9.59 Å². The third-order valence-electron chi connectivity index (χ3n) is 3.82. The Labute approximate surface area is 138 Å². The molecule has 1 aromatic carbocycles. The molecule has 0 saturated carbocycles. The normalized spacial score (nSPS) is 15.3. The molecule has 1 heterocycles. The highest BCUT2D eigenvalue weighted by molar-refractivity contribution is 5.97. The molecule has 1 aliphatic heterocycles. The van der Waals surface area contributed by atoms with Gasteiger partial charge in [-0.15, -0.1) is 0 Å². The lowest BCUT2D eigenvalue weighted by Crippen LogP contribution is -2.41. The fourth-order valence-electron chi connectivity index (χ4n) is 2.56. The van der Waals surface area contributed by atoms with E-state index in [1.54, 1.807) is 12.1 Å². The highest BCUT2D eigenvalue weighted by Crippen LogP contribution is 2.16. The summed E-state index contributed by atoms with van der Waals surface area (Å²) in [6, 6.07) is 7.18. The molecule has 0 spiro atoms. The molecule has 0 unspecified atom stereocenters.